The van der Waals surface area contributed by atoms with E-state index in [9.17, 15) is 14.4 Å². The Morgan fingerprint density at radius 1 is 1.16 bits per heavy atom. The van der Waals surface area contributed by atoms with Gasteiger partial charge in [-0.15, -0.1) is 0 Å². The number of carbonyl (C=O) groups excluding carboxylic acids is 2. The third-order valence-corrected chi connectivity index (χ3v) is 3.91. The molecule has 1 aromatic carbocycles. The van der Waals surface area contributed by atoms with Crippen molar-refractivity contribution >= 4 is 17.9 Å². The lowest BCUT2D eigenvalue weighted by molar-refractivity contribution is -0.145. The molecule has 0 aromatic heterocycles. The molecule has 0 bridgehead atoms. The molecule has 0 unspecified atom stereocenters. The van der Waals surface area contributed by atoms with E-state index in [2.05, 4.69) is 10.9 Å². The fraction of sp³-hybridized carbons (Fsp3) is 0.438. The van der Waals surface area contributed by atoms with Crippen molar-refractivity contribution in [2.24, 2.45) is 5.73 Å². The molecule has 1 aromatic rings. The minimum Gasteiger partial charge on any atom is -0.480 e. The normalized spacial score (nSPS) is 14.8. The Kier molecular flexibility index (Phi) is 6.72. The summed E-state index contributed by atoms with van der Waals surface area (Å²) in [6.07, 6.45) is 0.931. The van der Waals surface area contributed by atoms with Crippen LogP contribution in [0.15, 0.2) is 24.3 Å². The van der Waals surface area contributed by atoms with Crippen LogP contribution in [0.2, 0.25) is 0 Å². The minimum absolute atomic E-state index is 0.171. The van der Waals surface area contributed by atoms with Crippen molar-refractivity contribution in [1.29, 1.82) is 0 Å². The van der Waals surface area contributed by atoms with Crippen LogP contribution in [0, 0.1) is 0 Å². The van der Waals surface area contributed by atoms with E-state index in [0.29, 0.717) is 38.0 Å². The highest BCUT2D eigenvalue weighted by Crippen LogP contribution is 2.13. The Morgan fingerprint density at radius 3 is 2.36 bits per heavy atom. The maximum atomic E-state index is 12.1. The number of hydrogen-bond donors (Lipinski definition) is 4. The molecule has 5 N–H and O–H groups in total. The highest BCUT2D eigenvalue weighted by molar-refractivity contribution is 5.95. The minimum atomic E-state index is -1.01. The number of amides is 3. The van der Waals surface area contributed by atoms with Crippen molar-refractivity contribution in [3.05, 3.63) is 35.4 Å². The Hall–Kier alpha value is -2.65. The van der Waals surface area contributed by atoms with Gasteiger partial charge >= 0.3 is 12.0 Å². The van der Waals surface area contributed by atoms with Gasteiger partial charge in [0.1, 0.15) is 6.61 Å². The number of likely N-dealkylation sites (tertiary alicyclic amines) is 1. The maximum absolute atomic E-state index is 12.1. The van der Waals surface area contributed by atoms with Crippen molar-refractivity contribution in [3.8, 4) is 0 Å². The summed E-state index contributed by atoms with van der Waals surface area (Å²) in [6, 6.07) is 6.35. The molecule has 1 saturated heterocycles. The van der Waals surface area contributed by atoms with Crippen molar-refractivity contribution in [2.75, 3.05) is 19.7 Å². The average molecular weight is 350 g/mol. The van der Waals surface area contributed by atoms with E-state index >= 15 is 0 Å². The van der Waals surface area contributed by atoms with Gasteiger partial charge in [-0.2, -0.15) is 0 Å². The zero-order valence-electron chi connectivity index (χ0n) is 13.7. The molecule has 0 aliphatic carbocycles. The van der Waals surface area contributed by atoms with Crippen LogP contribution in [-0.4, -0.2) is 53.7 Å². The first-order valence-corrected chi connectivity index (χ1v) is 7.97. The van der Waals surface area contributed by atoms with Crippen molar-refractivity contribution in [1.82, 2.24) is 15.8 Å². The monoisotopic (exact) mass is 350 g/mol. The van der Waals surface area contributed by atoms with E-state index < -0.39 is 17.9 Å². The molecular formula is C16H22N4O5. The van der Waals surface area contributed by atoms with E-state index in [-0.39, 0.29) is 12.7 Å². The number of aliphatic carboxylic acids is 1. The second-order valence-electron chi connectivity index (χ2n) is 5.68. The Bertz CT molecular complexity index is 611. The standard InChI is InChI=1S/C16H22N4O5/c17-9-11-1-3-12(4-2-11)15(23)18-19-16(24)20-7-5-13(6-8-20)25-10-14(21)22/h1-4,13H,5-10,17H2,(H,18,23)(H,19,24)(H,21,22). The number of nitrogens with one attached hydrogen (secondary N) is 2. The first-order valence-electron chi connectivity index (χ1n) is 7.97. The molecule has 0 spiro atoms. The van der Waals surface area contributed by atoms with Crippen LogP contribution >= 0.6 is 0 Å². The number of nitrogens with two attached hydrogens (primary N) is 1. The van der Waals surface area contributed by atoms with E-state index in [4.69, 9.17) is 15.6 Å². The van der Waals surface area contributed by atoms with Gasteiger partial charge in [0.2, 0.25) is 0 Å². The SMILES string of the molecule is NCc1ccc(C(=O)NNC(=O)N2CCC(OCC(=O)O)CC2)cc1. The number of piperidine rings is 1. The topological polar surface area (TPSA) is 134 Å². The van der Waals surface area contributed by atoms with Gasteiger partial charge in [0, 0.05) is 25.2 Å². The molecule has 2 rings (SSSR count). The Morgan fingerprint density at radius 2 is 1.80 bits per heavy atom. The molecule has 0 radical (unpaired) electrons. The summed E-state index contributed by atoms with van der Waals surface area (Å²) in [7, 11) is 0. The van der Waals surface area contributed by atoms with E-state index in [0.717, 1.165) is 5.56 Å². The van der Waals surface area contributed by atoms with Gasteiger partial charge in [-0.05, 0) is 30.5 Å². The second kappa shape index (κ2) is 9.00. The summed E-state index contributed by atoms with van der Waals surface area (Å²) in [6.45, 7) is 0.912. The van der Waals surface area contributed by atoms with Gasteiger partial charge < -0.3 is 20.5 Å². The second-order valence-corrected chi connectivity index (χ2v) is 5.68. The molecule has 9 nitrogen and oxygen atoms in total. The first-order chi connectivity index (χ1) is 12.0. The van der Waals surface area contributed by atoms with Crippen molar-refractivity contribution in [3.63, 3.8) is 0 Å². The average Bonchev–Trinajstić information content (AvgIpc) is 2.64. The molecule has 1 aliphatic heterocycles. The zero-order valence-corrected chi connectivity index (χ0v) is 13.7. The van der Waals surface area contributed by atoms with E-state index in [1.165, 1.54) is 0 Å². The highest BCUT2D eigenvalue weighted by atomic mass is 16.5. The van der Waals surface area contributed by atoms with Gasteiger partial charge in [-0.25, -0.2) is 15.0 Å². The van der Waals surface area contributed by atoms with Crippen LogP contribution in [0.4, 0.5) is 4.79 Å². The Balaban J connectivity index is 1.73. The molecule has 3 amide bonds. The number of rotatable bonds is 5. The van der Waals surface area contributed by atoms with Crippen LogP contribution in [0.1, 0.15) is 28.8 Å². The summed E-state index contributed by atoms with van der Waals surface area (Å²) in [4.78, 5) is 36.0. The van der Waals surface area contributed by atoms with Gasteiger partial charge in [0.25, 0.3) is 5.91 Å². The lowest BCUT2D eigenvalue weighted by Crippen LogP contribution is -2.51. The maximum Gasteiger partial charge on any atom is 0.336 e. The number of ether oxygens (including phenoxy) is 1. The van der Waals surface area contributed by atoms with E-state index in [1.54, 1.807) is 29.2 Å². The van der Waals surface area contributed by atoms with Crippen molar-refractivity contribution < 1.29 is 24.2 Å². The van der Waals surface area contributed by atoms with Crippen LogP contribution in [0.25, 0.3) is 0 Å². The fourth-order valence-corrected chi connectivity index (χ4v) is 2.47. The molecule has 0 atom stereocenters. The number of urea groups is 1. The summed E-state index contributed by atoms with van der Waals surface area (Å²) < 4.78 is 5.21. The largest absolute Gasteiger partial charge is 0.480 e. The molecule has 1 fully saturated rings. The molecular weight excluding hydrogens is 328 g/mol. The lowest BCUT2D eigenvalue weighted by atomic mass is 10.1. The van der Waals surface area contributed by atoms with E-state index in [1.807, 2.05) is 0 Å². The van der Waals surface area contributed by atoms with Gasteiger partial charge in [0.05, 0.1) is 6.10 Å². The summed E-state index contributed by atoms with van der Waals surface area (Å²) >= 11 is 0. The van der Waals surface area contributed by atoms with Crippen LogP contribution in [-0.2, 0) is 16.1 Å². The van der Waals surface area contributed by atoms with Gasteiger partial charge in [0.15, 0.2) is 0 Å². The fourth-order valence-electron chi connectivity index (χ4n) is 2.47. The number of hydrazine groups is 1. The Labute approximate surface area is 145 Å². The number of nitrogens with zero attached hydrogens (tertiary/aromatic N) is 1. The zero-order chi connectivity index (χ0) is 18.2. The molecule has 136 valence electrons. The number of hydrogen-bond acceptors (Lipinski definition) is 5. The molecule has 1 heterocycles. The number of carboxylic acids is 1. The summed E-state index contributed by atoms with van der Waals surface area (Å²) in [5.41, 5.74) is 11.6. The molecule has 25 heavy (non-hydrogen) atoms. The summed E-state index contributed by atoms with van der Waals surface area (Å²) in [5, 5.41) is 8.58. The lowest BCUT2D eigenvalue weighted by Gasteiger charge is -2.31. The summed E-state index contributed by atoms with van der Waals surface area (Å²) in [5.74, 6) is -1.43. The smallest absolute Gasteiger partial charge is 0.336 e. The van der Waals surface area contributed by atoms with Crippen LogP contribution in [0.3, 0.4) is 0 Å². The number of carbonyl (C=O) groups is 3. The predicted molar refractivity (Wildman–Crippen MR) is 88.5 cm³/mol. The highest BCUT2D eigenvalue weighted by Gasteiger charge is 2.24. The first kappa shape index (κ1) is 18.7. The molecule has 1 aliphatic rings. The predicted octanol–water partition coefficient (Wildman–Crippen LogP) is 0.0653. The number of carboxylic acid groups (broad SMARTS) is 1. The quantitative estimate of drug-likeness (QED) is 0.555. The van der Waals surface area contributed by atoms with Crippen molar-refractivity contribution in [2.45, 2.75) is 25.5 Å². The van der Waals surface area contributed by atoms with Crippen LogP contribution < -0.4 is 16.6 Å². The van der Waals surface area contributed by atoms with Crippen LogP contribution in [0.5, 0.6) is 0 Å². The molecule has 9 heteroatoms. The third kappa shape index (κ3) is 5.73. The van der Waals surface area contributed by atoms with Gasteiger partial charge in [-0.1, -0.05) is 12.1 Å². The third-order valence-electron chi connectivity index (χ3n) is 3.91. The molecule has 0 saturated carbocycles. The van der Waals surface area contributed by atoms with Gasteiger partial charge in [-0.3, -0.25) is 10.2 Å². The number of benzene rings is 1.